The third-order valence-electron chi connectivity index (χ3n) is 2.69. The van der Waals surface area contributed by atoms with Gasteiger partial charge in [0, 0.05) is 5.02 Å². The van der Waals surface area contributed by atoms with E-state index in [0.29, 0.717) is 10.6 Å². The maximum absolute atomic E-state index is 12.0. The zero-order valence-electron chi connectivity index (χ0n) is 11.2. The molecule has 0 atom stereocenters. The highest BCUT2D eigenvalue weighted by Gasteiger charge is 1.99. The van der Waals surface area contributed by atoms with E-state index in [2.05, 4.69) is 9.97 Å². The van der Waals surface area contributed by atoms with E-state index in [0.717, 1.165) is 0 Å². The summed E-state index contributed by atoms with van der Waals surface area (Å²) in [4.78, 5) is 29.0. The van der Waals surface area contributed by atoms with E-state index in [-0.39, 0.29) is 27.7 Å². The fourth-order valence-electron chi connectivity index (χ4n) is 1.79. The van der Waals surface area contributed by atoms with Crippen LogP contribution in [0.3, 0.4) is 0 Å². The summed E-state index contributed by atoms with van der Waals surface area (Å²) >= 11 is 6.02. The number of hydrogen-bond donors (Lipinski definition) is 2. The number of benzene rings is 1. The summed E-state index contributed by atoms with van der Waals surface area (Å²) in [6.45, 7) is 3.86. The highest BCUT2D eigenvalue weighted by atomic mass is 35.5. The summed E-state index contributed by atoms with van der Waals surface area (Å²) in [5.41, 5.74) is 0.00364. The van der Waals surface area contributed by atoms with Gasteiger partial charge in [0.1, 0.15) is 10.7 Å². The number of aromatic nitrogens is 2. The SMILES string of the molecule is CC(C)/C=c1\[nH]c(=O)c(=Cc2ccccc2Cl)[nH]c1=O. The Morgan fingerprint density at radius 1 is 1.05 bits per heavy atom. The Hall–Kier alpha value is -2.07. The van der Waals surface area contributed by atoms with Gasteiger partial charge in [0.05, 0.1) is 0 Å². The van der Waals surface area contributed by atoms with Gasteiger partial charge in [-0.3, -0.25) is 9.59 Å². The number of nitrogens with one attached hydrogen (secondary N) is 2. The maximum Gasteiger partial charge on any atom is 0.272 e. The van der Waals surface area contributed by atoms with Gasteiger partial charge in [-0.2, -0.15) is 0 Å². The van der Waals surface area contributed by atoms with E-state index in [1.54, 1.807) is 30.4 Å². The average Bonchev–Trinajstić information content (AvgIpc) is 2.37. The molecule has 0 amide bonds. The molecular formula is C15H15ClN2O2. The molecule has 2 rings (SSSR count). The molecule has 1 aromatic heterocycles. The fraction of sp³-hybridized carbons (Fsp3) is 0.200. The van der Waals surface area contributed by atoms with Crippen LogP contribution in [0.25, 0.3) is 12.2 Å². The molecule has 0 saturated heterocycles. The smallest absolute Gasteiger partial charge is 0.272 e. The van der Waals surface area contributed by atoms with Gasteiger partial charge < -0.3 is 9.97 Å². The van der Waals surface area contributed by atoms with Crippen LogP contribution in [-0.4, -0.2) is 9.97 Å². The predicted octanol–water partition coefficient (Wildman–Crippen LogP) is 0.982. The van der Waals surface area contributed by atoms with Crippen LogP contribution >= 0.6 is 11.6 Å². The average molecular weight is 291 g/mol. The van der Waals surface area contributed by atoms with Crippen molar-refractivity contribution in [2.45, 2.75) is 13.8 Å². The molecule has 1 heterocycles. The molecule has 0 radical (unpaired) electrons. The van der Waals surface area contributed by atoms with E-state index < -0.39 is 0 Å². The summed E-state index contributed by atoms with van der Waals surface area (Å²) in [5, 5.41) is 0.982. The number of aromatic amines is 2. The van der Waals surface area contributed by atoms with Crippen LogP contribution in [0.5, 0.6) is 0 Å². The summed E-state index contributed by atoms with van der Waals surface area (Å²) in [7, 11) is 0. The Kier molecular flexibility index (Phi) is 4.25. The Morgan fingerprint density at radius 3 is 2.30 bits per heavy atom. The van der Waals surface area contributed by atoms with E-state index in [1.807, 2.05) is 19.9 Å². The van der Waals surface area contributed by atoms with E-state index >= 15 is 0 Å². The van der Waals surface area contributed by atoms with Crippen molar-refractivity contribution in [1.82, 2.24) is 9.97 Å². The fourth-order valence-corrected chi connectivity index (χ4v) is 1.98. The minimum absolute atomic E-state index is 0.171. The second-order valence-electron chi connectivity index (χ2n) is 4.81. The van der Waals surface area contributed by atoms with Crippen molar-refractivity contribution < 1.29 is 0 Å². The number of H-pyrrole nitrogens is 2. The molecule has 4 nitrogen and oxygen atoms in total. The van der Waals surface area contributed by atoms with Crippen molar-refractivity contribution in [3.8, 4) is 0 Å². The first kappa shape index (κ1) is 14.3. The van der Waals surface area contributed by atoms with Crippen molar-refractivity contribution in [2.75, 3.05) is 0 Å². The zero-order chi connectivity index (χ0) is 14.7. The monoisotopic (exact) mass is 290 g/mol. The first-order valence-electron chi connectivity index (χ1n) is 6.28. The van der Waals surface area contributed by atoms with Crippen LogP contribution in [0.1, 0.15) is 19.4 Å². The lowest BCUT2D eigenvalue weighted by Gasteiger charge is -1.97. The Balaban J connectivity index is 2.67. The lowest BCUT2D eigenvalue weighted by atomic mass is 10.2. The van der Waals surface area contributed by atoms with E-state index in [4.69, 9.17) is 11.6 Å². The topological polar surface area (TPSA) is 65.7 Å². The minimum atomic E-state index is -0.351. The van der Waals surface area contributed by atoms with Gasteiger partial charge in [0.15, 0.2) is 0 Å². The molecular weight excluding hydrogens is 276 g/mol. The summed E-state index contributed by atoms with van der Waals surface area (Å²) in [5.74, 6) is 0.171. The number of rotatable bonds is 2. The van der Waals surface area contributed by atoms with Gasteiger partial charge in [-0.25, -0.2) is 0 Å². The Morgan fingerprint density at radius 2 is 1.65 bits per heavy atom. The largest absolute Gasteiger partial charge is 0.316 e. The third kappa shape index (κ3) is 3.27. The van der Waals surface area contributed by atoms with Crippen molar-refractivity contribution in [3.63, 3.8) is 0 Å². The van der Waals surface area contributed by atoms with Crippen molar-refractivity contribution >= 4 is 23.8 Å². The van der Waals surface area contributed by atoms with Crippen molar-refractivity contribution in [1.29, 1.82) is 0 Å². The minimum Gasteiger partial charge on any atom is -0.316 e. The molecule has 0 saturated carbocycles. The van der Waals surface area contributed by atoms with Crippen LogP contribution in [0.2, 0.25) is 5.02 Å². The van der Waals surface area contributed by atoms with Crippen LogP contribution in [0.4, 0.5) is 0 Å². The number of halogens is 1. The predicted molar refractivity (Wildman–Crippen MR) is 81.3 cm³/mol. The first-order chi connectivity index (χ1) is 9.47. The summed E-state index contributed by atoms with van der Waals surface area (Å²) in [6.07, 6.45) is 3.27. The first-order valence-corrected chi connectivity index (χ1v) is 6.66. The molecule has 2 N–H and O–H groups in total. The molecule has 2 aromatic rings. The third-order valence-corrected chi connectivity index (χ3v) is 3.03. The van der Waals surface area contributed by atoms with Gasteiger partial charge in [-0.05, 0) is 23.6 Å². The molecule has 0 aliphatic rings. The standard InChI is InChI=1S/C15H15ClN2O2/c1-9(2)7-12-14(19)18-13(15(20)17-12)8-10-5-3-4-6-11(10)16/h3-9H,1-2H3,(H,17,20)(H,18,19)/b12-7-,13-8?. The Bertz CT molecular complexity index is 847. The molecule has 0 bridgehead atoms. The second-order valence-corrected chi connectivity index (χ2v) is 5.22. The zero-order valence-corrected chi connectivity index (χ0v) is 12.0. The molecule has 0 unspecified atom stereocenters. The van der Waals surface area contributed by atoms with Crippen LogP contribution < -0.4 is 21.8 Å². The molecule has 0 aliphatic carbocycles. The van der Waals surface area contributed by atoms with Crippen LogP contribution in [0.15, 0.2) is 33.9 Å². The highest BCUT2D eigenvalue weighted by molar-refractivity contribution is 6.32. The van der Waals surface area contributed by atoms with Gasteiger partial charge in [-0.1, -0.05) is 49.7 Å². The van der Waals surface area contributed by atoms with Gasteiger partial charge in [0.2, 0.25) is 0 Å². The number of hydrogen-bond acceptors (Lipinski definition) is 2. The Labute approximate surface area is 120 Å². The van der Waals surface area contributed by atoms with E-state index in [9.17, 15) is 9.59 Å². The van der Waals surface area contributed by atoms with Crippen molar-refractivity contribution in [2.24, 2.45) is 5.92 Å². The second kappa shape index (κ2) is 5.92. The molecule has 0 spiro atoms. The molecule has 1 aromatic carbocycles. The quantitative estimate of drug-likeness (QED) is 0.866. The molecule has 20 heavy (non-hydrogen) atoms. The highest BCUT2D eigenvalue weighted by Crippen LogP contribution is 2.14. The molecule has 0 aliphatic heterocycles. The van der Waals surface area contributed by atoms with Gasteiger partial charge >= 0.3 is 0 Å². The van der Waals surface area contributed by atoms with Gasteiger partial charge in [-0.15, -0.1) is 0 Å². The van der Waals surface area contributed by atoms with E-state index in [1.165, 1.54) is 0 Å². The van der Waals surface area contributed by atoms with Crippen molar-refractivity contribution in [3.05, 3.63) is 66.3 Å². The lowest BCUT2D eigenvalue weighted by Crippen LogP contribution is -2.47. The summed E-state index contributed by atoms with van der Waals surface area (Å²) in [6, 6.07) is 7.10. The molecule has 0 fully saturated rings. The summed E-state index contributed by atoms with van der Waals surface area (Å²) < 4.78 is 0. The normalized spacial score (nSPS) is 13.2. The van der Waals surface area contributed by atoms with Gasteiger partial charge in [0.25, 0.3) is 11.1 Å². The molecule has 104 valence electrons. The maximum atomic E-state index is 12.0. The lowest BCUT2D eigenvalue weighted by molar-refractivity contribution is 0.866. The van der Waals surface area contributed by atoms with Crippen LogP contribution in [0, 0.1) is 5.92 Å². The molecule has 5 heteroatoms. The van der Waals surface area contributed by atoms with Crippen LogP contribution in [-0.2, 0) is 0 Å².